The molecule has 0 radical (unpaired) electrons. The Balaban J connectivity index is 2.35. The minimum atomic E-state index is 0.0107. The molecule has 1 aromatic heterocycles. The summed E-state index contributed by atoms with van der Waals surface area (Å²) in [5, 5.41) is 0.935. The van der Waals surface area contributed by atoms with E-state index in [-0.39, 0.29) is 11.8 Å². The van der Waals surface area contributed by atoms with E-state index < -0.39 is 0 Å². The normalized spacial score (nSPS) is 20.1. The van der Waals surface area contributed by atoms with E-state index >= 15 is 0 Å². The van der Waals surface area contributed by atoms with Gasteiger partial charge in [-0.1, -0.05) is 23.2 Å². The number of nitrogens with two attached hydrogens (primary N) is 1. The second kappa shape index (κ2) is 4.80. The van der Waals surface area contributed by atoms with Crippen LogP contribution in [0, 0.1) is 12.8 Å². The van der Waals surface area contributed by atoms with Crippen LogP contribution in [-0.2, 0) is 4.79 Å². The molecule has 1 aromatic rings. The fourth-order valence-electron chi connectivity index (χ4n) is 1.88. The second-order valence-electron chi connectivity index (χ2n) is 4.18. The number of hydrogen-bond donors (Lipinski definition) is 1. The molecule has 4 nitrogen and oxygen atoms in total. The Morgan fingerprint density at radius 1 is 1.59 bits per heavy atom. The summed E-state index contributed by atoms with van der Waals surface area (Å²) in [6.07, 6.45) is 1.97. The van der Waals surface area contributed by atoms with Crippen LogP contribution >= 0.6 is 23.2 Å². The van der Waals surface area contributed by atoms with Crippen molar-refractivity contribution in [1.29, 1.82) is 0 Å². The lowest BCUT2D eigenvalue weighted by atomic mass is 10.1. The highest BCUT2D eigenvalue weighted by Gasteiger charge is 2.32. The van der Waals surface area contributed by atoms with Gasteiger partial charge in [0.1, 0.15) is 0 Å². The molecule has 2 N–H and O–H groups in total. The lowest BCUT2D eigenvalue weighted by Gasteiger charge is -2.18. The topological polar surface area (TPSA) is 59.2 Å². The van der Waals surface area contributed by atoms with Gasteiger partial charge in [-0.05, 0) is 24.9 Å². The average molecular weight is 274 g/mol. The molecule has 1 unspecified atom stereocenters. The third-order valence-electron chi connectivity index (χ3n) is 2.98. The molecule has 1 amide bonds. The van der Waals surface area contributed by atoms with Crippen LogP contribution in [0.2, 0.25) is 10.0 Å². The monoisotopic (exact) mass is 273 g/mol. The van der Waals surface area contributed by atoms with Crippen LogP contribution in [0.25, 0.3) is 0 Å². The molecule has 0 saturated carbocycles. The number of aromatic nitrogens is 1. The summed E-state index contributed by atoms with van der Waals surface area (Å²) in [5.74, 6) is 0.669. The van der Waals surface area contributed by atoms with Crippen LogP contribution in [-0.4, -0.2) is 24.0 Å². The van der Waals surface area contributed by atoms with Crippen LogP contribution in [0.1, 0.15) is 12.0 Å². The van der Waals surface area contributed by atoms with Gasteiger partial charge in [-0.3, -0.25) is 9.69 Å². The lowest BCUT2D eigenvalue weighted by molar-refractivity contribution is -0.117. The van der Waals surface area contributed by atoms with Crippen LogP contribution < -0.4 is 10.6 Å². The zero-order valence-corrected chi connectivity index (χ0v) is 10.9. The van der Waals surface area contributed by atoms with Gasteiger partial charge in [-0.2, -0.15) is 0 Å². The quantitative estimate of drug-likeness (QED) is 0.897. The van der Waals surface area contributed by atoms with Crippen molar-refractivity contribution in [3.8, 4) is 0 Å². The standard InChI is InChI=1S/C11H13Cl2N3O/c1-6-8(12)4-15-11(10(6)13)16-5-7(3-14)2-9(16)17/h4,7H,2-3,5,14H2,1H3. The second-order valence-corrected chi connectivity index (χ2v) is 4.96. The minimum Gasteiger partial charge on any atom is -0.330 e. The summed E-state index contributed by atoms with van der Waals surface area (Å²) in [6.45, 7) is 2.87. The molecule has 17 heavy (non-hydrogen) atoms. The summed E-state index contributed by atoms with van der Waals surface area (Å²) in [4.78, 5) is 17.6. The Labute approximate surface area is 110 Å². The van der Waals surface area contributed by atoms with Crippen molar-refractivity contribution in [2.75, 3.05) is 18.0 Å². The summed E-state index contributed by atoms with van der Waals surface area (Å²) in [7, 11) is 0. The van der Waals surface area contributed by atoms with E-state index in [2.05, 4.69) is 4.98 Å². The van der Waals surface area contributed by atoms with Crippen molar-refractivity contribution in [2.45, 2.75) is 13.3 Å². The highest BCUT2D eigenvalue weighted by atomic mass is 35.5. The van der Waals surface area contributed by atoms with E-state index in [1.54, 1.807) is 11.8 Å². The summed E-state index contributed by atoms with van der Waals surface area (Å²) in [6, 6.07) is 0. The molecule has 92 valence electrons. The molecular weight excluding hydrogens is 261 g/mol. The Kier molecular flexibility index (Phi) is 3.56. The zero-order chi connectivity index (χ0) is 12.6. The fraction of sp³-hybridized carbons (Fsp3) is 0.455. The maximum atomic E-state index is 11.8. The van der Waals surface area contributed by atoms with Crippen molar-refractivity contribution in [2.24, 2.45) is 11.7 Å². The molecule has 1 aliphatic rings. The van der Waals surface area contributed by atoms with Gasteiger partial charge < -0.3 is 5.73 Å². The molecule has 6 heteroatoms. The number of amides is 1. The predicted molar refractivity (Wildman–Crippen MR) is 68.5 cm³/mol. The number of anilines is 1. The number of carbonyl (C=O) groups is 1. The van der Waals surface area contributed by atoms with Gasteiger partial charge in [0, 0.05) is 19.2 Å². The molecule has 2 heterocycles. The predicted octanol–water partition coefficient (Wildman–Crippen LogP) is 2.01. The van der Waals surface area contributed by atoms with Crippen LogP contribution in [0.5, 0.6) is 0 Å². The first-order valence-electron chi connectivity index (χ1n) is 5.35. The molecule has 1 aliphatic heterocycles. The molecular formula is C11H13Cl2N3O. The Hall–Kier alpha value is -0.840. The van der Waals surface area contributed by atoms with Gasteiger partial charge in [0.25, 0.3) is 0 Å². The van der Waals surface area contributed by atoms with E-state index in [1.165, 1.54) is 6.20 Å². The number of carbonyl (C=O) groups excluding carboxylic acids is 1. The van der Waals surface area contributed by atoms with Crippen LogP contribution in [0.15, 0.2) is 6.20 Å². The maximum Gasteiger partial charge on any atom is 0.228 e. The van der Waals surface area contributed by atoms with Gasteiger partial charge >= 0.3 is 0 Å². The third-order valence-corrected chi connectivity index (χ3v) is 3.81. The van der Waals surface area contributed by atoms with E-state index in [4.69, 9.17) is 28.9 Å². The van der Waals surface area contributed by atoms with Gasteiger partial charge in [0.15, 0.2) is 5.82 Å². The van der Waals surface area contributed by atoms with E-state index in [0.717, 1.165) is 5.56 Å². The molecule has 0 spiro atoms. The minimum absolute atomic E-state index is 0.0107. The third kappa shape index (κ3) is 2.25. The number of rotatable bonds is 2. The summed E-state index contributed by atoms with van der Waals surface area (Å²) in [5.41, 5.74) is 6.31. The first kappa shape index (κ1) is 12.6. The number of halogens is 2. The maximum absolute atomic E-state index is 11.8. The molecule has 0 aliphatic carbocycles. The van der Waals surface area contributed by atoms with Crippen LogP contribution in [0.3, 0.4) is 0 Å². The fourth-order valence-corrected chi connectivity index (χ4v) is 2.32. The van der Waals surface area contributed by atoms with Gasteiger partial charge in [-0.25, -0.2) is 4.98 Å². The van der Waals surface area contributed by atoms with Crippen molar-refractivity contribution >= 4 is 34.9 Å². The highest BCUT2D eigenvalue weighted by molar-refractivity contribution is 6.37. The molecule has 1 atom stereocenters. The Morgan fingerprint density at radius 2 is 2.29 bits per heavy atom. The number of pyridine rings is 1. The SMILES string of the molecule is Cc1c(Cl)cnc(N2CC(CN)CC2=O)c1Cl. The lowest BCUT2D eigenvalue weighted by Crippen LogP contribution is -2.27. The Morgan fingerprint density at radius 3 is 2.88 bits per heavy atom. The van der Waals surface area contributed by atoms with E-state index in [0.29, 0.717) is 35.4 Å². The molecule has 0 bridgehead atoms. The van der Waals surface area contributed by atoms with Gasteiger partial charge in [-0.15, -0.1) is 0 Å². The summed E-state index contributed by atoms with van der Waals surface area (Å²) >= 11 is 12.1. The Bertz CT molecular complexity index is 464. The molecule has 1 fully saturated rings. The number of nitrogens with zero attached hydrogens (tertiary/aromatic N) is 2. The molecule has 1 saturated heterocycles. The largest absolute Gasteiger partial charge is 0.330 e. The van der Waals surface area contributed by atoms with E-state index in [1.807, 2.05) is 0 Å². The van der Waals surface area contributed by atoms with Gasteiger partial charge in [0.2, 0.25) is 5.91 Å². The molecule has 0 aromatic carbocycles. The van der Waals surface area contributed by atoms with Crippen LogP contribution in [0.4, 0.5) is 5.82 Å². The average Bonchev–Trinajstić information content (AvgIpc) is 2.68. The van der Waals surface area contributed by atoms with Crippen molar-refractivity contribution in [1.82, 2.24) is 4.98 Å². The van der Waals surface area contributed by atoms with Gasteiger partial charge in [0.05, 0.1) is 10.0 Å². The van der Waals surface area contributed by atoms with Crippen molar-refractivity contribution in [3.63, 3.8) is 0 Å². The smallest absolute Gasteiger partial charge is 0.228 e. The summed E-state index contributed by atoms with van der Waals surface area (Å²) < 4.78 is 0. The molecule has 2 rings (SSSR count). The van der Waals surface area contributed by atoms with Crippen molar-refractivity contribution in [3.05, 3.63) is 21.8 Å². The highest BCUT2D eigenvalue weighted by Crippen LogP contribution is 2.33. The van der Waals surface area contributed by atoms with Crippen molar-refractivity contribution < 1.29 is 4.79 Å². The van der Waals surface area contributed by atoms with E-state index in [9.17, 15) is 4.79 Å². The first-order chi connectivity index (χ1) is 8.04. The zero-order valence-electron chi connectivity index (χ0n) is 9.41. The number of hydrogen-bond acceptors (Lipinski definition) is 3. The first-order valence-corrected chi connectivity index (χ1v) is 6.11.